The van der Waals surface area contributed by atoms with Gasteiger partial charge in [-0.25, -0.2) is 0 Å². The Hall–Kier alpha value is -3.18. The molecule has 0 radical (unpaired) electrons. The molecule has 0 saturated carbocycles. The lowest BCUT2D eigenvalue weighted by molar-refractivity contribution is -0.0340. The molecule has 3 aromatic carbocycles. The minimum atomic E-state index is -0.218. The van der Waals surface area contributed by atoms with E-state index in [9.17, 15) is 9.59 Å². The first-order valence-electron chi connectivity index (χ1n) is 11.7. The van der Waals surface area contributed by atoms with Crippen LogP contribution in [0.15, 0.2) is 66.7 Å². The van der Waals surface area contributed by atoms with E-state index < -0.39 is 0 Å². The lowest BCUT2D eigenvalue weighted by Gasteiger charge is -2.36. The Balaban J connectivity index is 1.53. The van der Waals surface area contributed by atoms with Gasteiger partial charge in [-0.3, -0.25) is 9.59 Å². The molecule has 1 aliphatic heterocycles. The van der Waals surface area contributed by atoms with Crippen molar-refractivity contribution < 1.29 is 14.3 Å². The molecule has 172 valence electrons. The zero-order valence-electron chi connectivity index (χ0n) is 19.7. The first kappa shape index (κ1) is 23.0. The van der Waals surface area contributed by atoms with E-state index in [1.807, 2.05) is 83.5 Å². The van der Waals surface area contributed by atoms with Crippen molar-refractivity contribution in [1.29, 1.82) is 0 Å². The third-order valence-electron chi connectivity index (χ3n) is 6.12. The molecule has 0 spiro atoms. The summed E-state index contributed by atoms with van der Waals surface area (Å²) in [6.45, 7) is 8.78. The fourth-order valence-corrected chi connectivity index (χ4v) is 4.51. The number of ether oxygens (including phenoxy) is 1. The van der Waals surface area contributed by atoms with E-state index in [1.165, 1.54) is 0 Å². The number of carbonyl (C=O) groups excluding carboxylic acids is 2. The van der Waals surface area contributed by atoms with Crippen LogP contribution >= 0.6 is 0 Å². The summed E-state index contributed by atoms with van der Waals surface area (Å²) in [5.74, 6) is 0.348. The fourth-order valence-electron chi connectivity index (χ4n) is 4.51. The maximum absolute atomic E-state index is 13.6. The first-order valence-corrected chi connectivity index (χ1v) is 11.7. The highest BCUT2D eigenvalue weighted by molar-refractivity contribution is 6.07. The maximum Gasteiger partial charge on any atom is 0.254 e. The molecule has 0 unspecified atom stereocenters. The van der Waals surface area contributed by atoms with Gasteiger partial charge in [-0.15, -0.1) is 0 Å². The van der Waals surface area contributed by atoms with Crippen molar-refractivity contribution >= 4 is 22.6 Å². The molecule has 1 atom stereocenters. The summed E-state index contributed by atoms with van der Waals surface area (Å²) in [5.41, 5.74) is 2.40. The molecule has 1 aliphatic rings. The number of morpholine rings is 1. The van der Waals surface area contributed by atoms with Gasteiger partial charge >= 0.3 is 0 Å². The van der Waals surface area contributed by atoms with Crippen LogP contribution in [0.3, 0.4) is 0 Å². The Bertz CT molecular complexity index is 1140. The van der Waals surface area contributed by atoms with Crippen molar-refractivity contribution in [3.8, 4) is 0 Å². The molecule has 0 bridgehead atoms. The largest absolute Gasteiger partial charge is 0.373 e. The van der Waals surface area contributed by atoms with E-state index in [1.54, 1.807) is 0 Å². The summed E-state index contributed by atoms with van der Waals surface area (Å²) < 4.78 is 6.02. The van der Waals surface area contributed by atoms with Gasteiger partial charge < -0.3 is 14.5 Å². The number of carbonyl (C=O) groups is 2. The van der Waals surface area contributed by atoms with Gasteiger partial charge in [0.05, 0.1) is 12.7 Å². The van der Waals surface area contributed by atoms with Gasteiger partial charge in [0.1, 0.15) is 0 Å². The molecule has 1 saturated heterocycles. The van der Waals surface area contributed by atoms with Crippen molar-refractivity contribution in [1.82, 2.24) is 9.80 Å². The summed E-state index contributed by atoms with van der Waals surface area (Å²) in [5, 5.41) is 2.01. The highest BCUT2D eigenvalue weighted by atomic mass is 16.5. The number of hydrogen-bond donors (Lipinski definition) is 0. The van der Waals surface area contributed by atoms with Gasteiger partial charge in [0.25, 0.3) is 11.8 Å². The Morgan fingerprint density at radius 2 is 1.70 bits per heavy atom. The number of aryl methyl sites for hydroxylation is 1. The van der Waals surface area contributed by atoms with Crippen molar-refractivity contribution in [3.63, 3.8) is 0 Å². The number of hydrogen-bond acceptors (Lipinski definition) is 3. The molecule has 1 heterocycles. The van der Waals surface area contributed by atoms with E-state index in [4.69, 9.17) is 4.74 Å². The summed E-state index contributed by atoms with van der Waals surface area (Å²) in [4.78, 5) is 30.5. The molecule has 3 aromatic rings. The average Bonchev–Trinajstić information content (AvgIpc) is 2.82. The van der Waals surface area contributed by atoms with Crippen LogP contribution in [0.5, 0.6) is 0 Å². The van der Waals surface area contributed by atoms with Crippen LogP contribution in [0.1, 0.15) is 40.1 Å². The zero-order valence-corrected chi connectivity index (χ0v) is 19.7. The van der Waals surface area contributed by atoms with Gasteiger partial charge in [-0.05, 0) is 41.3 Å². The van der Waals surface area contributed by atoms with Gasteiger partial charge in [0, 0.05) is 37.3 Å². The van der Waals surface area contributed by atoms with Crippen LogP contribution in [-0.2, 0) is 4.74 Å². The van der Waals surface area contributed by atoms with Gasteiger partial charge in [-0.2, -0.15) is 0 Å². The smallest absolute Gasteiger partial charge is 0.254 e. The standard InChI is InChI=1S/C28H32N2O3/c1-20(2)17-30(28(32)26-14-8-11-22-10-5-7-13-25(22)26)19-23-18-29(15-16-33-23)27(31)24-12-6-4-9-21(24)3/h4-14,20,23H,15-19H2,1-3H3/t23-/m0/s1. The maximum atomic E-state index is 13.6. The molecule has 0 aromatic heterocycles. The number of amides is 2. The number of fused-ring (bicyclic) bond motifs is 1. The number of benzene rings is 3. The van der Waals surface area contributed by atoms with Crippen LogP contribution in [0.25, 0.3) is 10.8 Å². The van der Waals surface area contributed by atoms with E-state index in [2.05, 4.69) is 13.8 Å². The predicted octanol–water partition coefficient (Wildman–Crippen LogP) is 4.79. The van der Waals surface area contributed by atoms with E-state index in [0.29, 0.717) is 44.3 Å². The monoisotopic (exact) mass is 444 g/mol. The van der Waals surface area contributed by atoms with Crippen molar-refractivity contribution in [3.05, 3.63) is 83.4 Å². The van der Waals surface area contributed by atoms with Crippen LogP contribution in [0, 0.1) is 12.8 Å². The summed E-state index contributed by atoms with van der Waals surface area (Å²) >= 11 is 0. The molecule has 5 heteroatoms. The Kier molecular flexibility index (Phi) is 7.09. The summed E-state index contributed by atoms with van der Waals surface area (Å²) in [7, 11) is 0. The molecular formula is C28H32N2O3. The second-order valence-corrected chi connectivity index (χ2v) is 9.19. The number of nitrogens with zero attached hydrogens (tertiary/aromatic N) is 2. The molecule has 33 heavy (non-hydrogen) atoms. The Morgan fingerprint density at radius 1 is 1.00 bits per heavy atom. The van der Waals surface area contributed by atoms with Gasteiger partial charge in [0.15, 0.2) is 0 Å². The lowest BCUT2D eigenvalue weighted by atomic mass is 10.0. The second-order valence-electron chi connectivity index (χ2n) is 9.19. The summed E-state index contributed by atoms with van der Waals surface area (Å²) in [6.07, 6.45) is -0.218. The van der Waals surface area contributed by atoms with Gasteiger partial charge in [-0.1, -0.05) is 68.4 Å². The lowest BCUT2D eigenvalue weighted by Crippen LogP contribution is -2.51. The highest BCUT2D eigenvalue weighted by Gasteiger charge is 2.29. The first-order chi connectivity index (χ1) is 15.9. The van der Waals surface area contributed by atoms with Crippen molar-refractivity contribution in [2.75, 3.05) is 32.8 Å². The third-order valence-corrected chi connectivity index (χ3v) is 6.12. The van der Waals surface area contributed by atoms with Crippen molar-refractivity contribution in [2.45, 2.75) is 26.9 Å². The summed E-state index contributed by atoms with van der Waals surface area (Å²) in [6, 6.07) is 21.5. The zero-order chi connectivity index (χ0) is 23.4. The molecule has 2 amide bonds. The van der Waals surface area contributed by atoms with Crippen LogP contribution in [-0.4, -0.2) is 60.5 Å². The minimum Gasteiger partial charge on any atom is -0.373 e. The van der Waals surface area contributed by atoms with Crippen LogP contribution in [0.4, 0.5) is 0 Å². The van der Waals surface area contributed by atoms with Gasteiger partial charge in [0.2, 0.25) is 0 Å². The van der Waals surface area contributed by atoms with E-state index in [-0.39, 0.29) is 17.9 Å². The quantitative estimate of drug-likeness (QED) is 0.549. The molecule has 0 N–H and O–H groups in total. The number of rotatable bonds is 6. The SMILES string of the molecule is Cc1ccccc1C(=O)N1CCO[C@H](CN(CC(C)C)C(=O)c2cccc3ccccc23)C1. The van der Waals surface area contributed by atoms with E-state index in [0.717, 1.165) is 21.9 Å². The Morgan fingerprint density at radius 3 is 2.48 bits per heavy atom. The molecule has 5 nitrogen and oxygen atoms in total. The predicted molar refractivity (Wildman–Crippen MR) is 132 cm³/mol. The normalized spacial score (nSPS) is 16.2. The van der Waals surface area contributed by atoms with E-state index >= 15 is 0 Å². The Labute approximate surface area is 195 Å². The topological polar surface area (TPSA) is 49.9 Å². The van der Waals surface area contributed by atoms with Crippen molar-refractivity contribution in [2.24, 2.45) is 5.92 Å². The molecule has 0 aliphatic carbocycles. The molecule has 1 fully saturated rings. The second kappa shape index (κ2) is 10.2. The molecule has 4 rings (SSSR count). The third kappa shape index (κ3) is 5.25. The molecular weight excluding hydrogens is 412 g/mol. The highest BCUT2D eigenvalue weighted by Crippen LogP contribution is 2.22. The van der Waals surface area contributed by atoms with Crippen LogP contribution < -0.4 is 0 Å². The fraction of sp³-hybridized carbons (Fsp3) is 0.357. The average molecular weight is 445 g/mol. The van der Waals surface area contributed by atoms with Crippen LogP contribution in [0.2, 0.25) is 0 Å². The minimum absolute atomic E-state index is 0.00598.